The van der Waals surface area contributed by atoms with Crippen molar-refractivity contribution in [3.63, 3.8) is 0 Å². The lowest BCUT2D eigenvalue weighted by molar-refractivity contribution is 0.0341. The number of halogens is 1. The van der Waals surface area contributed by atoms with Crippen LogP contribution in [0, 0.1) is 0 Å². The number of benzene rings is 1. The van der Waals surface area contributed by atoms with Gasteiger partial charge in [-0.15, -0.1) is 0 Å². The van der Waals surface area contributed by atoms with Gasteiger partial charge in [-0.05, 0) is 0 Å². The van der Waals surface area contributed by atoms with Gasteiger partial charge in [-0.3, -0.25) is 4.90 Å². The van der Waals surface area contributed by atoms with Gasteiger partial charge in [0.1, 0.15) is 5.75 Å². The summed E-state index contributed by atoms with van der Waals surface area (Å²) in [4.78, 5) is 13.1. The SMILES string of the molecule is O=c1oc2cc(Cl)c(O)c(CN3CCOCC3)c2s1. The molecule has 1 aliphatic heterocycles. The highest BCUT2D eigenvalue weighted by Gasteiger charge is 2.19. The fourth-order valence-corrected chi connectivity index (χ4v) is 3.16. The third kappa shape index (κ3) is 2.49. The molecule has 102 valence electrons. The Morgan fingerprint density at radius 2 is 2.16 bits per heavy atom. The Hall–Kier alpha value is -1.08. The van der Waals surface area contributed by atoms with Crippen molar-refractivity contribution >= 4 is 33.2 Å². The van der Waals surface area contributed by atoms with E-state index in [-0.39, 0.29) is 15.7 Å². The first-order valence-corrected chi connectivity index (χ1v) is 7.08. The summed E-state index contributed by atoms with van der Waals surface area (Å²) in [7, 11) is 0. The Morgan fingerprint density at radius 1 is 1.42 bits per heavy atom. The van der Waals surface area contributed by atoms with E-state index in [0.717, 1.165) is 24.4 Å². The molecule has 1 aliphatic rings. The minimum Gasteiger partial charge on any atom is -0.506 e. The van der Waals surface area contributed by atoms with Crippen molar-refractivity contribution in [3.05, 3.63) is 26.4 Å². The molecule has 1 N–H and O–H groups in total. The van der Waals surface area contributed by atoms with E-state index in [1.54, 1.807) is 0 Å². The lowest BCUT2D eigenvalue weighted by Gasteiger charge is -2.26. The number of phenols is 1. The van der Waals surface area contributed by atoms with Crippen molar-refractivity contribution in [1.82, 2.24) is 4.90 Å². The fraction of sp³-hybridized carbons (Fsp3) is 0.417. The average molecular weight is 302 g/mol. The smallest absolute Gasteiger partial charge is 0.396 e. The molecule has 19 heavy (non-hydrogen) atoms. The van der Waals surface area contributed by atoms with Crippen LogP contribution in [-0.2, 0) is 11.3 Å². The third-order valence-corrected chi connectivity index (χ3v) is 4.32. The van der Waals surface area contributed by atoms with Crippen molar-refractivity contribution in [1.29, 1.82) is 0 Å². The van der Waals surface area contributed by atoms with Gasteiger partial charge >= 0.3 is 4.94 Å². The van der Waals surface area contributed by atoms with Crippen molar-refractivity contribution in [2.75, 3.05) is 26.3 Å². The molecule has 5 nitrogen and oxygen atoms in total. The summed E-state index contributed by atoms with van der Waals surface area (Å²) >= 11 is 6.96. The Kier molecular flexibility index (Phi) is 3.49. The summed E-state index contributed by atoms with van der Waals surface area (Å²) in [6.07, 6.45) is 0. The molecule has 3 rings (SSSR count). The molecule has 0 unspecified atom stereocenters. The molecule has 1 aromatic heterocycles. The molecule has 7 heteroatoms. The van der Waals surface area contributed by atoms with Crippen LogP contribution in [-0.4, -0.2) is 36.3 Å². The summed E-state index contributed by atoms with van der Waals surface area (Å²) in [5.74, 6) is 0.0257. The van der Waals surface area contributed by atoms with E-state index in [9.17, 15) is 9.90 Å². The molecular formula is C12H12ClNO4S. The second-order valence-electron chi connectivity index (χ2n) is 4.36. The second kappa shape index (κ2) is 5.13. The van der Waals surface area contributed by atoms with Gasteiger partial charge in [0.25, 0.3) is 0 Å². The van der Waals surface area contributed by atoms with Gasteiger partial charge in [-0.1, -0.05) is 22.9 Å². The maximum Gasteiger partial charge on any atom is 0.396 e. The van der Waals surface area contributed by atoms with Crippen molar-refractivity contribution < 1.29 is 14.3 Å². The highest BCUT2D eigenvalue weighted by molar-refractivity contribution is 7.16. The van der Waals surface area contributed by atoms with E-state index in [1.807, 2.05) is 0 Å². The zero-order chi connectivity index (χ0) is 13.4. The van der Waals surface area contributed by atoms with Gasteiger partial charge in [0, 0.05) is 31.3 Å². The van der Waals surface area contributed by atoms with Crippen molar-refractivity contribution in [2.24, 2.45) is 0 Å². The van der Waals surface area contributed by atoms with Crippen LogP contribution in [0.3, 0.4) is 0 Å². The first-order chi connectivity index (χ1) is 9.15. The third-order valence-electron chi connectivity index (χ3n) is 3.13. The minimum atomic E-state index is -0.389. The van der Waals surface area contributed by atoms with E-state index in [2.05, 4.69) is 4.90 Å². The number of rotatable bonds is 2. The standard InChI is InChI=1S/C12H12ClNO4S/c13-8-5-9-11(19-12(16)18-9)7(10(8)15)6-14-1-3-17-4-2-14/h5,15H,1-4,6H2. The number of hydrogen-bond donors (Lipinski definition) is 1. The zero-order valence-corrected chi connectivity index (χ0v) is 11.6. The number of phenolic OH excluding ortho intramolecular Hbond substituents is 1. The summed E-state index contributed by atoms with van der Waals surface area (Å²) in [5, 5.41) is 10.3. The number of nitrogens with zero attached hydrogens (tertiary/aromatic N) is 1. The van der Waals surface area contributed by atoms with Crippen LogP contribution in [0.25, 0.3) is 10.3 Å². The van der Waals surface area contributed by atoms with E-state index in [0.29, 0.717) is 35.6 Å². The number of fused-ring (bicyclic) bond motifs is 1. The average Bonchev–Trinajstić information content (AvgIpc) is 2.76. The van der Waals surface area contributed by atoms with Crippen molar-refractivity contribution in [3.8, 4) is 5.75 Å². The predicted molar refractivity (Wildman–Crippen MR) is 73.1 cm³/mol. The predicted octanol–water partition coefficient (Wildman–Crippen LogP) is 2.05. The number of hydrogen-bond acceptors (Lipinski definition) is 6. The van der Waals surface area contributed by atoms with Gasteiger partial charge in [0.05, 0.1) is 22.9 Å². The first kappa shape index (κ1) is 12.9. The monoisotopic (exact) mass is 301 g/mol. The highest BCUT2D eigenvalue weighted by Crippen LogP contribution is 2.36. The maximum atomic E-state index is 11.3. The van der Waals surface area contributed by atoms with Crippen LogP contribution in [0.1, 0.15) is 5.56 Å². The van der Waals surface area contributed by atoms with E-state index in [1.165, 1.54) is 6.07 Å². The topological polar surface area (TPSA) is 62.9 Å². The van der Waals surface area contributed by atoms with Crippen LogP contribution < -0.4 is 4.94 Å². The number of ether oxygens (including phenoxy) is 1. The Balaban J connectivity index is 2.04. The molecule has 0 bridgehead atoms. The van der Waals surface area contributed by atoms with Gasteiger partial charge < -0.3 is 14.3 Å². The van der Waals surface area contributed by atoms with Crippen LogP contribution in [0.5, 0.6) is 5.75 Å². The zero-order valence-electron chi connectivity index (χ0n) is 10.0. The van der Waals surface area contributed by atoms with E-state index in [4.69, 9.17) is 20.8 Å². The van der Waals surface area contributed by atoms with Gasteiger partial charge in [-0.25, -0.2) is 4.79 Å². The molecule has 1 aromatic carbocycles. The summed E-state index contributed by atoms with van der Waals surface area (Å²) < 4.78 is 11.0. The molecule has 2 aromatic rings. The largest absolute Gasteiger partial charge is 0.506 e. The number of aromatic hydroxyl groups is 1. The minimum absolute atomic E-state index is 0.0257. The molecule has 0 saturated carbocycles. The van der Waals surface area contributed by atoms with E-state index < -0.39 is 0 Å². The van der Waals surface area contributed by atoms with Crippen LogP contribution in [0.2, 0.25) is 5.02 Å². The van der Waals surface area contributed by atoms with Crippen LogP contribution in [0.15, 0.2) is 15.3 Å². The van der Waals surface area contributed by atoms with Gasteiger partial charge in [0.15, 0.2) is 5.58 Å². The summed E-state index contributed by atoms with van der Waals surface area (Å²) in [6, 6.07) is 1.48. The summed E-state index contributed by atoms with van der Waals surface area (Å²) in [6.45, 7) is 3.46. The lowest BCUT2D eigenvalue weighted by Crippen LogP contribution is -2.35. The Morgan fingerprint density at radius 3 is 2.89 bits per heavy atom. The Bertz CT molecular complexity index is 660. The molecule has 1 saturated heterocycles. The van der Waals surface area contributed by atoms with E-state index >= 15 is 0 Å². The first-order valence-electron chi connectivity index (χ1n) is 5.89. The normalized spacial score (nSPS) is 17.1. The molecule has 0 radical (unpaired) electrons. The molecule has 0 aliphatic carbocycles. The van der Waals surface area contributed by atoms with Gasteiger partial charge in [-0.2, -0.15) is 0 Å². The molecule has 2 heterocycles. The lowest BCUT2D eigenvalue weighted by atomic mass is 10.1. The molecular weight excluding hydrogens is 290 g/mol. The van der Waals surface area contributed by atoms with Crippen molar-refractivity contribution in [2.45, 2.75) is 6.54 Å². The fourth-order valence-electron chi connectivity index (χ4n) is 2.16. The second-order valence-corrected chi connectivity index (χ2v) is 5.71. The molecule has 1 fully saturated rings. The molecule has 0 spiro atoms. The Labute approximate surface area is 118 Å². The van der Waals surface area contributed by atoms with Gasteiger partial charge in [0.2, 0.25) is 0 Å². The molecule has 0 atom stereocenters. The highest BCUT2D eigenvalue weighted by atomic mass is 35.5. The van der Waals surface area contributed by atoms with Crippen LogP contribution >= 0.6 is 22.9 Å². The maximum absolute atomic E-state index is 11.3. The quantitative estimate of drug-likeness (QED) is 0.920. The summed E-state index contributed by atoms with van der Waals surface area (Å²) in [5.41, 5.74) is 1.08. The number of morpholine rings is 1. The molecule has 0 amide bonds. The van der Waals surface area contributed by atoms with Crippen LogP contribution in [0.4, 0.5) is 0 Å².